The van der Waals surface area contributed by atoms with Gasteiger partial charge in [0.15, 0.2) is 11.5 Å². The third kappa shape index (κ3) is 7.20. The van der Waals surface area contributed by atoms with E-state index in [4.69, 9.17) is 15.2 Å². The summed E-state index contributed by atoms with van der Waals surface area (Å²) in [4.78, 5) is 12.1. The molecule has 0 spiro atoms. The van der Waals surface area contributed by atoms with E-state index >= 15 is 0 Å². The molecule has 0 aliphatic rings. The number of nitrogens with one attached hydrogen (secondary N) is 1. The van der Waals surface area contributed by atoms with E-state index in [0.29, 0.717) is 17.9 Å². The van der Waals surface area contributed by atoms with Crippen LogP contribution in [0.25, 0.3) is 0 Å². The Labute approximate surface area is 155 Å². The van der Waals surface area contributed by atoms with Crippen molar-refractivity contribution < 1.29 is 14.3 Å². The molecule has 2 atom stereocenters. The lowest BCUT2D eigenvalue weighted by Crippen LogP contribution is -2.41. The quantitative estimate of drug-likeness (QED) is 0.692. The molecule has 1 aromatic carbocycles. The standard InChI is InChI=1S/C17H28N2O3S.ClH/c1-11(2)22-15-7-6-13(10-16(15)21-4)12(3)19-17(20)14(18)8-9-23-5;/h6-7,10-12,14H,8-9,18H2,1-5H3,(H,19,20);1H. The summed E-state index contributed by atoms with van der Waals surface area (Å²) in [7, 11) is 1.61. The Balaban J connectivity index is 0.00000529. The molecule has 138 valence electrons. The number of carbonyl (C=O) groups excluding carboxylic acids is 1. The van der Waals surface area contributed by atoms with Gasteiger partial charge in [-0.15, -0.1) is 12.4 Å². The summed E-state index contributed by atoms with van der Waals surface area (Å²) < 4.78 is 11.1. The van der Waals surface area contributed by atoms with Crippen LogP contribution in [-0.2, 0) is 4.79 Å². The van der Waals surface area contributed by atoms with Crippen molar-refractivity contribution in [3.8, 4) is 11.5 Å². The molecule has 3 N–H and O–H groups in total. The molecule has 0 heterocycles. The SMILES string of the molecule is COc1cc(C(C)NC(=O)C(N)CCSC)ccc1OC(C)C.Cl. The van der Waals surface area contributed by atoms with E-state index in [1.807, 2.05) is 45.2 Å². The highest BCUT2D eigenvalue weighted by Crippen LogP contribution is 2.31. The Hall–Kier alpha value is -1.11. The van der Waals surface area contributed by atoms with E-state index < -0.39 is 6.04 Å². The number of methoxy groups -OCH3 is 1. The van der Waals surface area contributed by atoms with Crippen LogP contribution >= 0.6 is 24.2 Å². The van der Waals surface area contributed by atoms with Crippen LogP contribution in [-0.4, -0.2) is 37.2 Å². The maximum atomic E-state index is 12.1. The summed E-state index contributed by atoms with van der Waals surface area (Å²) in [5.74, 6) is 2.09. The summed E-state index contributed by atoms with van der Waals surface area (Å²) in [5.41, 5.74) is 6.84. The maximum absolute atomic E-state index is 12.1. The molecule has 0 fully saturated rings. The van der Waals surface area contributed by atoms with Gasteiger partial charge < -0.3 is 20.5 Å². The number of benzene rings is 1. The van der Waals surface area contributed by atoms with Crippen LogP contribution in [0.5, 0.6) is 11.5 Å². The number of nitrogens with two attached hydrogens (primary N) is 1. The van der Waals surface area contributed by atoms with Gasteiger partial charge in [-0.25, -0.2) is 0 Å². The Bertz CT molecular complexity index is 515. The molecule has 0 aromatic heterocycles. The van der Waals surface area contributed by atoms with E-state index in [1.54, 1.807) is 18.9 Å². The van der Waals surface area contributed by atoms with Crippen LogP contribution in [0.1, 0.15) is 38.8 Å². The zero-order valence-electron chi connectivity index (χ0n) is 15.0. The molecule has 0 saturated heterocycles. The smallest absolute Gasteiger partial charge is 0.237 e. The van der Waals surface area contributed by atoms with Gasteiger partial charge in [0.25, 0.3) is 0 Å². The van der Waals surface area contributed by atoms with Crippen molar-refractivity contribution in [2.75, 3.05) is 19.1 Å². The van der Waals surface area contributed by atoms with Crippen molar-refractivity contribution in [1.82, 2.24) is 5.32 Å². The normalized spacial score (nSPS) is 13.0. The minimum Gasteiger partial charge on any atom is -0.493 e. The average Bonchev–Trinajstić information content (AvgIpc) is 2.52. The lowest BCUT2D eigenvalue weighted by atomic mass is 10.1. The predicted molar refractivity (Wildman–Crippen MR) is 104 cm³/mol. The third-order valence-corrected chi connectivity index (χ3v) is 4.02. The first-order chi connectivity index (χ1) is 10.9. The Morgan fingerprint density at radius 1 is 1.29 bits per heavy atom. The van der Waals surface area contributed by atoms with Crippen LogP contribution in [0.3, 0.4) is 0 Å². The van der Waals surface area contributed by atoms with E-state index in [1.165, 1.54) is 0 Å². The van der Waals surface area contributed by atoms with Crippen molar-refractivity contribution in [3.05, 3.63) is 23.8 Å². The van der Waals surface area contributed by atoms with Gasteiger partial charge >= 0.3 is 0 Å². The summed E-state index contributed by atoms with van der Waals surface area (Å²) >= 11 is 1.68. The average molecular weight is 377 g/mol. The molecule has 0 aliphatic carbocycles. The number of amides is 1. The van der Waals surface area contributed by atoms with E-state index in [9.17, 15) is 4.79 Å². The van der Waals surface area contributed by atoms with Gasteiger partial charge in [0.1, 0.15) is 0 Å². The van der Waals surface area contributed by atoms with Crippen molar-refractivity contribution in [1.29, 1.82) is 0 Å². The van der Waals surface area contributed by atoms with Crippen LogP contribution < -0.4 is 20.5 Å². The summed E-state index contributed by atoms with van der Waals surface area (Å²) in [6, 6.07) is 5.05. The number of carbonyl (C=O) groups is 1. The lowest BCUT2D eigenvalue weighted by molar-refractivity contribution is -0.123. The van der Waals surface area contributed by atoms with Crippen LogP contribution in [0.4, 0.5) is 0 Å². The highest BCUT2D eigenvalue weighted by atomic mass is 35.5. The first-order valence-electron chi connectivity index (χ1n) is 7.78. The van der Waals surface area contributed by atoms with E-state index in [-0.39, 0.29) is 30.5 Å². The fraction of sp³-hybridized carbons (Fsp3) is 0.588. The number of thioether (sulfide) groups is 1. The minimum atomic E-state index is -0.477. The second-order valence-corrected chi connectivity index (χ2v) is 6.68. The maximum Gasteiger partial charge on any atom is 0.237 e. The first kappa shape index (κ1) is 22.9. The number of ether oxygens (including phenoxy) is 2. The topological polar surface area (TPSA) is 73.6 Å². The van der Waals surface area contributed by atoms with Crippen molar-refractivity contribution in [2.24, 2.45) is 5.73 Å². The fourth-order valence-corrected chi connectivity index (χ4v) is 2.57. The molecular weight excluding hydrogens is 348 g/mol. The van der Waals surface area contributed by atoms with Crippen LogP contribution in [0, 0.1) is 0 Å². The lowest BCUT2D eigenvalue weighted by Gasteiger charge is -2.20. The fourth-order valence-electron chi connectivity index (χ4n) is 2.08. The van der Waals surface area contributed by atoms with Gasteiger partial charge in [0.05, 0.1) is 25.3 Å². The Kier molecular flexibility index (Phi) is 10.9. The summed E-state index contributed by atoms with van der Waals surface area (Å²) in [6.07, 6.45) is 2.74. The van der Waals surface area contributed by atoms with Crippen molar-refractivity contribution in [3.63, 3.8) is 0 Å². The molecule has 1 amide bonds. The summed E-state index contributed by atoms with van der Waals surface area (Å²) in [5, 5.41) is 2.95. The van der Waals surface area contributed by atoms with Gasteiger partial charge in [0, 0.05) is 0 Å². The van der Waals surface area contributed by atoms with Gasteiger partial charge in [-0.1, -0.05) is 6.07 Å². The van der Waals surface area contributed by atoms with Crippen molar-refractivity contribution >= 4 is 30.1 Å². The minimum absolute atomic E-state index is 0. The third-order valence-electron chi connectivity index (χ3n) is 3.38. The van der Waals surface area contributed by atoms with E-state index in [0.717, 1.165) is 11.3 Å². The summed E-state index contributed by atoms with van der Waals surface area (Å²) in [6.45, 7) is 5.86. The number of hydrogen-bond donors (Lipinski definition) is 2. The van der Waals surface area contributed by atoms with E-state index in [2.05, 4.69) is 5.32 Å². The highest BCUT2D eigenvalue weighted by Gasteiger charge is 2.17. The highest BCUT2D eigenvalue weighted by molar-refractivity contribution is 7.98. The molecule has 1 aromatic rings. The zero-order valence-corrected chi connectivity index (χ0v) is 16.6. The molecule has 2 unspecified atom stereocenters. The van der Waals surface area contributed by atoms with Crippen LogP contribution in [0.2, 0.25) is 0 Å². The molecule has 24 heavy (non-hydrogen) atoms. The predicted octanol–water partition coefficient (Wildman–Crippen LogP) is 3.16. The molecule has 0 radical (unpaired) electrons. The second kappa shape index (κ2) is 11.4. The molecule has 0 bridgehead atoms. The number of rotatable bonds is 9. The van der Waals surface area contributed by atoms with Gasteiger partial charge in [-0.3, -0.25) is 4.79 Å². The second-order valence-electron chi connectivity index (χ2n) is 5.70. The first-order valence-corrected chi connectivity index (χ1v) is 9.17. The van der Waals surface area contributed by atoms with Gasteiger partial charge in [-0.2, -0.15) is 11.8 Å². The number of hydrogen-bond acceptors (Lipinski definition) is 5. The van der Waals surface area contributed by atoms with Crippen LogP contribution in [0.15, 0.2) is 18.2 Å². The molecule has 5 nitrogen and oxygen atoms in total. The molecule has 1 rings (SSSR count). The molecule has 0 aliphatic heterocycles. The molecule has 0 saturated carbocycles. The molecule has 7 heteroatoms. The monoisotopic (exact) mass is 376 g/mol. The van der Waals surface area contributed by atoms with Gasteiger partial charge in [0.2, 0.25) is 5.91 Å². The molecular formula is C17H29ClN2O3S. The zero-order chi connectivity index (χ0) is 17.4. The largest absolute Gasteiger partial charge is 0.493 e. The Morgan fingerprint density at radius 2 is 1.96 bits per heavy atom. The van der Waals surface area contributed by atoms with Crippen molar-refractivity contribution in [2.45, 2.75) is 45.4 Å². The number of halogens is 1. The van der Waals surface area contributed by atoms with Gasteiger partial charge in [-0.05, 0) is 56.9 Å². The Morgan fingerprint density at radius 3 is 2.50 bits per heavy atom.